The van der Waals surface area contributed by atoms with Gasteiger partial charge in [0.1, 0.15) is 6.54 Å². The maximum atomic E-state index is 2.32. The molecule has 1 rings (SSSR count). The molecule has 2 heteroatoms. The van der Waals surface area contributed by atoms with Crippen molar-refractivity contribution in [2.75, 3.05) is 0 Å². The molecule has 0 unspecified atom stereocenters. The van der Waals surface area contributed by atoms with Crippen molar-refractivity contribution < 1.29 is 17.0 Å². The van der Waals surface area contributed by atoms with Gasteiger partial charge < -0.3 is 12.4 Å². The minimum atomic E-state index is 0. The zero-order chi connectivity index (χ0) is 19.4. The molecule has 0 saturated heterocycles. The molecule has 0 N–H and O–H groups in total. The first-order chi connectivity index (χ1) is 13.3. The molecule has 28 heavy (non-hydrogen) atoms. The van der Waals surface area contributed by atoms with Crippen LogP contribution in [0.3, 0.4) is 0 Å². The van der Waals surface area contributed by atoms with Gasteiger partial charge in [0.25, 0.3) is 0 Å². The molecular formula is C26H48ClN. The molecule has 1 heterocycles. The molecule has 0 aliphatic heterocycles. The van der Waals surface area contributed by atoms with Crippen LogP contribution < -0.4 is 17.0 Å². The van der Waals surface area contributed by atoms with Gasteiger partial charge in [-0.25, -0.2) is 4.57 Å². The normalized spacial score (nSPS) is 10.8. The van der Waals surface area contributed by atoms with E-state index in [-0.39, 0.29) is 12.4 Å². The predicted octanol–water partition coefficient (Wildman–Crippen LogP) is 5.33. The number of rotatable bonds is 19. The van der Waals surface area contributed by atoms with Gasteiger partial charge in [0.15, 0.2) is 12.4 Å². The lowest BCUT2D eigenvalue weighted by atomic mass is 10.0. The number of halogens is 1. The summed E-state index contributed by atoms with van der Waals surface area (Å²) in [5.41, 5.74) is 1.35. The lowest BCUT2D eigenvalue weighted by Crippen LogP contribution is -3.00. The molecule has 1 nitrogen and oxygen atoms in total. The smallest absolute Gasteiger partial charge is 0.169 e. The second kappa shape index (κ2) is 21.2. The van der Waals surface area contributed by atoms with Crippen molar-refractivity contribution in [2.45, 2.75) is 136 Å². The van der Waals surface area contributed by atoms with Gasteiger partial charge in [-0.2, -0.15) is 0 Å². The first kappa shape index (κ1) is 27.4. The molecular weight excluding hydrogens is 362 g/mol. The van der Waals surface area contributed by atoms with Crippen molar-refractivity contribution in [2.24, 2.45) is 0 Å². The first-order valence-corrected chi connectivity index (χ1v) is 12.3. The Kier molecular flexibility index (Phi) is 20.7. The van der Waals surface area contributed by atoms with Gasteiger partial charge in [-0.05, 0) is 18.9 Å². The SMILES string of the molecule is CCCCCCCCCCCCCCCCCCCC[n+]1ccc(C)cc1.[Cl-]. The third kappa shape index (κ3) is 17.5. The van der Waals surface area contributed by atoms with Crippen LogP contribution in [0.25, 0.3) is 0 Å². The number of hydrogen-bond acceptors (Lipinski definition) is 0. The van der Waals surface area contributed by atoms with E-state index in [1.54, 1.807) is 0 Å². The molecule has 164 valence electrons. The minimum absolute atomic E-state index is 0. The van der Waals surface area contributed by atoms with Crippen LogP contribution in [0.4, 0.5) is 0 Å². The molecule has 0 spiro atoms. The van der Waals surface area contributed by atoms with E-state index in [0.717, 1.165) is 0 Å². The lowest BCUT2D eigenvalue weighted by Gasteiger charge is -2.03. The van der Waals surface area contributed by atoms with E-state index in [1.165, 1.54) is 128 Å². The van der Waals surface area contributed by atoms with Gasteiger partial charge in [-0.3, -0.25) is 0 Å². The Morgan fingerprint density at radius 3 is 1.21 bits per heavy atom. The fourth-order valence-electron chi connectivity index (χ4n) is 3.88. The summed E-state index contributed by atoms with van der Waals surface area (Å²) >= 11 is 0. The topological polar surface area (TPSA) is 3.88 Å². The second-order valence-electron chi connectivity index (χ2n) is 8.62. The highest BCUT2D eigenvalue weighted by molar-refractivity contribution is 5.03. The molecule has 0 saturated carbocycles. The third-order valence-corrected chi connectivity index (χ3v) is 5.83. The van der Waals surface area contributed by atoms with Gasteiger partial charge in [0.05, 0.1) is 0 Å². The fraction of sp³-hybridized carbons (Fsp3) is 0.808. The van der Waals surface area contributed by atoms with E-state index >= 15 is 0 Å². The summed E-state index contributed by atoms with van der Waals surface area (Å²) < 4.78 is 2.32. The van der Waals surface area contributed by atoms with E-state index in [4.69, 9.17) is 0 Å². The van der Waals surface area contributed by atoms with Crippen LogP contribution in [-0.2, 0) is 6.54 Å². The molecule has 1 aromatic heterocycles. The number of hydrogen-bond donors (Lipinski definition) is 0. The summed E-state index contributed by atoms with van der Waals surface area (Å²) in [4.78, 5) is 0. The Morgan fingerprint density at radius 1 is 0.536 bits per heavy atom. The molecule has 0 bridgehead atoms. The Labute approximate surface area is 183 Å². The highest BCUT2D eigenvalue weighted by Crippen LogP contribution is 2.14. The Bertz CT molecular complexity index is 415. The molecule has 0 radical (unpaired) electrons. The fourth-order valence-corrected chi connectivity index (χ4v) is 3.88. The second-order valence-corrected chi connectivity index (χ2v) is 8.62. The number of pyridine rings is 1. The largest absolute Gasteiger partial charge is 1.00 e. The highest BCUT2D eigenvalue weighted by atomic mass is 35.5. The lowest BCUT2D eigenvalue weighted by molar-refractivity contribution is -0.697. The van der Waals surface area contributed by atoms with E-state index in [2.05, 4.69) is 42.9 Å². The molecule has 0 amide bonds. The Morgan fingerprint density at radius 2 is 0.857 bits per heavy atom. The van der Waals surface area contributed by atoms with Crippen LogP contribution in [0.15, 0.2) is 24.5 Å². The van der Waals surface area contributed by atoms with Gasteiger partial charge in [0.2, 0.25) is 0 Å². The van der Waals surface area contributed by atoms with Crippen molar-refractivity contribution in [1.82, 2.24) is 0 Å². The zero-order valence-corrected chi connectivity index (χ0v) is 19.8. The van der Waals surface area contributed by atoms with Crippen molar-refractivity contribution in [3.05, 3.63) is 30.1 Å². The van der Waals surface area contributed by atoms with Crippen LogP contribution in [0.1, 0.15) is 128 Å². The quantitative estimate of drug-likeness (QED) is 0.215. The zero-order valence-electron chi connectivity index (χ0n) is 19.1. The van der Waals surface area contributed by atoms with E-state index < -0.39 is 0 Å². The van der Waals surface area contributed by atoms with Crippen molar-refractivity contribution >= 4 is 0 Å². The maximum Gasteiger partial charge on any atom is 0.169 e. The Balaban J connectivity index is 0.00000729. The predicted molar refractivity (Wildman–Crippen MR) is 120 cm³/mol. The molecule has 0 fully saturated rings. The standard InChI is InChI=1S/C26H48N.ClH/c1-3-4-5-6-7-8-9-10-11-12-13-14-15-16-17-18-19-20-23-27-24-21-26(2)22-25-27;/h21-22,24-25H,3-20,23H2,1-2H3;1H/q+1;/p-1. The van der Waals surface area contributed by atoms with Crippen LogP contribution in [-0.4, -0.2) is 0 Å². The maximum absolute atomic E-state index is 2.32. The highest BCUT2D eigenvalue weighted by Gasteiger charge is 1.99. The van der Waals surface area contributed by atoms with Crippen LogP contribution in [0, 0.1) is 6.92 Å². The average molecular weight is 410 g/mol. The molecule has 0 atom stereocenters. The van der Waals surface area contributed by atoms with Crippen molar-refractivity contribution in [3.63, 3.8) is 0 Å². The molecule has 0 aliphatic carbocycles. The number of unbranched alkanes of at least 4 members (excludes halogenated alkanes) is 17. The summed E-state index contributed by atoms with van der Waals surface area (Å²) in [6.45, 7) is 5.63. The average Bonchev–Trinajstić information content (AvgIpc) is 2.68. The van der Waals surface area contributed by atoms with Crippen LogP contribution in [0.5, 0.6) is 0 Å². The molecule has 1 aromatic rings. The summed E-state index contributed by atoms with van der Waals surface area (Å²) in [5, 5.41) is 0. The Hall–Kier alpha value is -0.560. The van der Waals surface area contributed by atoms with Crippen LogP contribution >= 0.6 is 0 Å². The van der Waals surface area contributed by atoms with Crippen molar-refractivity contribution in [1.29, 1.82) is 0 Å². The third-order valence-electron chi connectivity index (χ3n) is 5.83. The summed E-state index contributed by atoms with van der Waals surface area (Å²) in [7, 11) is 0. The number of aryl methyl sites for hydroxylation is 2. The number of aromatic nitrogens is 1. The summed E-state index contributed by atoms with van der Waals surface area (Å²) in [6, 6.07) is 4.41. The molecule has 0 aromatic carbocycles. The van der Waals surface area contributed by atoms with Gasteiger partial charge >= 0.3 is 0 Å². The van der Waals surface area contributed by atoms with E-state index in [1.807, 2.05) is 0 Å². The van der Waals surface area contributed by atoms with E-state index in [9.17, 15) is 0 Å². The first-order valence-electron chi connectivity index (χ1n) is 12.3. The minimum Gasteiger partial charge on any atom is -1.00 e. The van der Waals surface area contributed by atoms with E-state index in [0.29, 0.717) is 0 Å². The van der Waals surface area contributed by atoms with Crippen LogP contribution in [0.2, 0.25) is 0 Å². The summed E-state index contributed by atoms with van der Waals surface area (Å²) in [6.07, 6.45) is 30.5. The molecule has 0 aliphatic rings. The van der Waals surface area contributed by atoms with Gasteiger partial charge in [0, 0.05) is 18.6 Å². The number of nitrogens with zero attached hydrogens (tertiary/aromatic N) is 1. The monoisotopic (exact) mass is 409 g/mol. The van der Waals surface area contributed by atoms with Crippen molar-refractivity contribution in [3.8, 4) is 0 Å². The van der Waals surface area contributed by atoms with Gasteiger partial charge in [-0.15, -0.1) is 0 Å². The van der Waals surface area contributed by atoms with Gasteiger partial charge in [-0.1, -0.05) is 110 Å². The summed E-state index contributed by atoms with van der Waals surface area (Å²) in [5.74, 6) is 0.